The maximum absolute atomic E-state index is 12.3. The van der Waals surface area contributed by atoms with Gasteiger partial charge in [-0.1, -0.05) is 108 Å². The van der Waals surface area contributed by atoms with Gasteiger partial charge in [0.2, 0.25) is 0 Å². The van der Waals surface area contributed by atoms with Gasteiger partial charge in [0.05, 0.1) is 6.20 Å². The van der Waals surface area contributed by atoms with Crippen molar-refractivity contribution in [1.29, 1.82) is 0 Å². The van der Waals surface area contributed by atoms with Crippen molar-refractivity contribution in [2.24, 2.45) is 0 Å². The van der Waals surface area contributed by atoms with Crippen LogP contribution < -0.4 is 0 Å². The Balaban J connectivity index is 0.000000316. The third kappa shape index (κ3) is 23.6. The van der Waals surface area contributed by atoms with Crippen LogP contribution in [0.15, 0.2) is 158 Å². The molecular weight excluding hydrogens is 688 g/mol. The Morgan fingerprint density at radius 3 is 1.11 bits per heavy atom. The summed E-state index contributed by atoms with van der Waals surface area (Å²) >= 11 is 0. The van der Waals surface area contributed by atoms with E-state index in [1.807, 2.05) is 57.3 Å². The Kier molecular flexibility index (Phi) is 23.0. The number of H-pyrrole nitrogens is 1. The van der Waals surface area contributed by atoms with Crippen LogP contribution in [0.1, 0.15) is 44.5 Å². The number of aromatic amines is 1. The van der Waals surface area contributed by atoms with E-state index in [1.165, 1.54) is 64.7 Å². The fraction of sp³-hybridized carbons (Fsp3) is 0.170. The fourth-order valence-electron chi connectivity index (χ4n) is 3.89. The number of rotatable bonds is 0. The molecule has 0 bridgehead atoms. The summed E-state index contributed by atoms with van der Waals surface area (Å²) in [5.74, 6) is -1.51. The van der Waals surface area contributed by atoms with Gasteiger partial charge < -0.3 is 0 Å². The number of nitrogens with one attached hydrogen (secondary N) is 1. The smallest absolute Gasteiger partial charge is 0.126 e. The first-order chi connectivity index (χ1) is 25.7. The van der Waals surface area contributed by atoms with Crippen LogP contribution in [0.25, 0.3) is 0 Å². The Morgan fingerprint density at radius 1 is 0.352 bits per heavy atom. The van der Waals surface area contributed by atoms with Gasteiger partial charge in [-0.2, -0.15) is 5.10 Å². The molecule has 0 saturated carbocycles. The van der Waals surface area contributed by atoms with Gasteiger partial charge in [-0.05, 0) is 131 Å². The van der Waals surface area contributed by atoms with Crippen molar-refractivity contribution < 1.29 is 22.0 Å². The maximum Gasteiger partial charge on any atom is 0.126 e. The van der Waals surface area contributed by atoms with E-state index >= 15 is 0 Å². The Bertz CT molecular complexity index is 1820. The van der Waals surface area contributed by atoms with Crippen LogP contribution >= 0.6 is 0 Å². The van der Waals surface area contributed by atoms with Crippen LogP contribution in [0.2, 0.25) is 0 Å². The number of hydrogen-bond acceptors (Lipinski definition) is 1. The van der Waals surface area contributed by atoms with Crippen LogP contribution in [0, 0.1) is 84.5 Å². The van der Waals surface area contributed by atoms with E-state index in [1.54, 1.807) is 50.4 Å². The summed E-state index contributed by atoms with van der Waals surface area (Å²) in [7, 11) is 0. The molecule has 284 valence electrons. The lowest BCUT2D eigenvalue weighted by atomic mass is 10.1. The van der Waals surface area contributed by atoms with Crippen molar-refractivity contribution in [3.05, 3.63) is 232 Å². The van der Waals surface area contributed by atoms with E-state index in [2.05, 4.69) is 67.4 Å². The minimum atomic E-state index is -0.521. The molecule has 54 heavy (non-hydrogen) atoms. The molecule has 0 unspecified atom stereocenters. The van der Waals surface area contributed by atoms with Gasteiger partial charge in [-0.3, -0.25) is 5.10 Å². The van der Waals surface area contributed by atoms with Gasteiger partial charge in [-0.15, -0.1) is 0 Å². The molecule has 7 heteroatoms. The highest BCUT2D eigenvalue weighted by Crippen LogP contribution is 2.06. The van der Waals surface area contributed by atoms with E-state index in [9.17, 15) is 22.0 Å². The first kappa shape index (κ1) is 46.2. The Morgan fingerprint density at radius 2 is 0.815 bits per heavy atom. The zero-order valence-corrected chi connectivity index (χ0v) is 32.3. The lowest BCUT2D eigenvalue weighted by Gasteiger charge is -1.93. The summed E-state index contributed by atoms with van der Waals surface area (Å²) in [6.07, 6.45) is 3.62. The average Bonchev–Trinajstić information content (AvgIpc) is 3.61. The van der Waals surface area contributed by atoms with E-state index in [0.717, 1.165) is 17.2 Å². The summed E-state index contributed by atoms with van der Waals surface area (Å²) in [6.45, 7) is 15.5. The van der Waals surface area contributed by atoms with E-state index in [0.29, 0.717) is 11.1 Å². The highest BCUT2D eigenvalue weighted by atomic mass is 19.1. The van der Waals surface area contributed by atoms with Crippen molar-refractivity contribution in [1.82, 2.24) is 10.2 Å². The first-order valence-electron chi connectivity index (χ1n) is 17.2. The first-order valence-corrected chi connectivity index (χ1v) is 17.2. The molecule has 0 fully saturated rings. The van der Waals surface area contributed by atoms with Gasteiger partial charge in [0.1, 0.15) is 29.1 Å². The predicted molar refractivity (Wildman–Crippen MR) is 215 cm³/mol. The van der Waals surface area contributed by atoms with Crippen molar-refractivity contribution in [3.8, 4) is 0 Å². The van der Waals surface area contributed by atoms with E-state index in [4.69, 9.17) is 0 Å². The second-order valence-electron chi connectivity index (χ2n) is 12.3. The van der Waals surface area contributed by atoms with Crippen molar-refractivity contribution in [3.63, 3.8) is 0 Å². The molecule has 1 N–H and O–H groups in total. The summed E-state index contributed by atoms with van der Waals surface area (Å²) in [5.41, 5.74) is 8.59. The van der Waals surface area contributed by atoms with E-state index < -0.39 is 11.6 Å². The highest BCUT2D eigenvalue weighted by molar-refractivity contribution is 5.23. The van der Waals surface area contributed by atoms with Crippen LogP contribution in [0.5, 0.6) is 0 Å². The molecule has 0 spiro atoms. The monoisotopic (exact) mass is 738 g/mol. The number of halogens is 5. The highest BCUT2D eigenvalue weighted by Gasteiger charge is 1.94. The Hall–Kier alpha value is -5.82. The number of hydrogen-bond donors (Lipinski definition) is 1. The second-order valence-corrected chi connectivity index (χ2v) is 12.3. The van der Waals surface area contributed by atoms with Gasteiger partial charge >= 0.3 is 0 Å². The molecule has 2 nitrogen and oxygen atoms in total. The molecule has 1 aromatic heterocycles. The normalized spacial score (nSPS) is 9.20. The quantitative estimate of drug-likeness (QED) is 0.154. The lowest BCUT2D eigenvalue weighted by Crippen LogP contribution is -1.80. The second kappa shape index (κ2) is 26.9. The summed E-state index contributed by atoms with van der Waals surface area (Å²) < 4.78 is 60.9. The van der Waals surface area contributed by atoms with Crippen LogP contribution in [0.3, 0.4) is 0 Å². The minimum absolute atomic E-state index is 0.132. The molecule has 7 rings (SSSR count). The SMILES string of the molecule is Cc1cc(F)cc(F)c1.Cc1ccc(F)cc1.Cc1cccc(F)c1.Cc1ccccc1.Cc1ccccc1C.Cc1ccccc1F.Cc1cn[nH]c1. The third-order valence-corrected chi connectivity index (χ3v) is 7.08. The van der Waals surface area contributed by atoms with Crippen LogP contribution in [0.4, 0.5) is 22.0 Å². The summed E-state index contributed by atoms with van der Waals surface area (Å²) in [4.78, 5) is 0. The molecule has 0 amide bonds. The number of benzene rings is 6. The van der Waals surface area contributed by atoms with Gasteiger partial charge in [0.15, 0.2) is 0 Å². The molecule has 0 aliphatic rings. The molecule has 7 aromatic rings. The van der Waals surface area contributed by atoms with Crippen molar-refractivity contribution in [2.45, 2.75) is 55.4 Å². The van der Waals surface area contributed by atoms with Gasteiger partial charge in [0, 0.05) is 12.3 Å². The predicted octanol–water partition coefficient (Wildman–Crippen LogP) is 13.7. The molecule has 0 aliphatic carbocycles. The molecule has 0 radical (unpaired) electrons. The zero-order valence-electron chi connectivity index (χ0n) is 32.3. The van der Waals surface area contributed by atoms with Gasteiger partial charge in [-0.25, -0.2) is 22.0 Å². The molecular formula is C47H51F5N2. The van der Waals surface area contributed by atoms with E-state index in [-0.39, 0.29) is 17.5 Å². The maximum atomic E-state index is 12.3. The van der Waals surface area contributed by atoms with Crippen LogP contribution in [-0.2, 0) is 0 Å². The van der Waals surface area contributed by atoms with Gasteiger partial charge in [0.25, 0.3) is 0 Å². The van der Waals surface area contributed by atoms with Crippen molar-refractivity contribution >= 4 is 0 Å². The number of nitrogens with zero attached hydrogens (tertiary/aromatic N) is 1. The molecule has 1 heterocycles. The van der Waals surface area contributed by atoms with Crippen LogP contribution in [-0.4, -0.2) is 10.2 Å². The zero-order chi connectivity index (χ0) is 40.3. The molecule has 6 aromatic carbocycles. The summed E-state index contributed by atoms with van der Waals surface area (Å²) in [5, 5.41) is 6.38. The molecule has 0 atom stereocenters. The fourth-order valence-corrected chi connectivity index (χ4v) is 3.89. The lowest BCUT2D eigenvalue weighted by molar-refractivity contribution is 0.581. The van der Waals surface area contributed by atoms with Crippen molar-refractivity contribution in [2.75, 3.05) is 0 Å². The summed E-state index contributed by atoms with van der Waals surface area (Å²) in [6, 6.07) is 41.6. The Labute approximate surface area is 318 Å². The number of aryl methyl sites for hydroxylation is 8. The third-order valence-electron chi connectivity index (χ3n) is 7.08. The average molecular weight is 739 g/mol. The largest absolute Gasteiger partial charge is 0.285 e. The molecule has 0 saturated heterocycles. The minimum Gasteiger partial charge on any atom is -0.285 e. The standard InChI is InChI=1S/C8H10.C7H6F2.3C7H7F.C7H8.C4H6N2/c1-7-5-3-4-6-8(7)2;1-5-2-6(8)4-7(9)3-5;1-6-2-4-7(8)5-3-6;1-6-3-2-4-7(8)5-6;1-6-4-2-3-5-7(6)8;1-7-5-3-2-4-6-7;1-4-2-5-6-3-4/h3-6H,1-2H3;2-4H,1H3;3*2-5H,1H3;2-6H,1H3;2-3H,1H3,(H,5,6). The molecule has 0 aliphatic heterocycles. The topological polar surface area (TPSA) is 28.7 Å². The number of aromatic nitrogens is 2.